The van der Waals surface area contributed by atoms with Crippen molar-refractivity contribution in [2.45, 2.75) is 32.2 Å². The van der Waals surface area contributed by atoms with Crippen molar-refractivity contribution in [3.8, 4) is 0 Å². The highest BCUT2D eigenvalue weighted by molar-refractivity contribution is 5.87. The van der Waals surface area contributed by atoms with E-state index in [-0.39, 0.29) is 17.9 Å². The summed E-state index contributed by atoms with van der Waals surface area (Å²) in [5, 5.41) is 11.3. The molecule has 1 amide bonds. The molecule has 1 atom stereocenters. The van der Waals surface area contributed by atoms with Gasteiger partial charge < -0.3 is 15.2 Å². The molecule has 1 aliphatic carbocycles. The Morgan fingerprint density at radius 2 is 2.13 bits per heavy atom. The molecule has 2 N–H and O–H groups in total. The fraction of sp³-hybridized carbons (Fsp3) is 0.800. The number of methoxy groups -OCH3 is 1. The summed E-state index contributed by atoms with van der Waals surface area (Å²) in [6.45, 7) is 1.86. The monoisotopic (exact) mass is 215 g/mol. The highest BCUT2D eigenvalue weighted by Crippen LogP contribution is 2.40. The van der Waals surface area contributed by atoms with Crippen molar-refractivity contribution in [1.29, 1.82) is 0 Å². The maximum Gasteiger partial charge on any atom is 0.328 e. The van der Waals surface area contributed by atoms with Crippen LogP contribution in [0.25, 0.3) is 0 Å². The van der Waals surface area contributed by atoms with Gasteiger partial charge in [-0.1, -0.05) is 13.3 Å². The number of rotatable bonds is 5. The van der Waals surface area contributed by atoms with Gasteiger partial charge in [-0.05, 0) is 12.8 Å². The molecule has 0 bridgehead atoms. The van der Waals surface area contributed by atoms with Crippen LogP contribution in [-0.4, -0.2) is 36.7 Å². The van der Waals surface area contributed by atoms with E-state index in [9.17, 15) is 9.59 Å². The molecule has 1 rings (SSSR count). The van der Waals surface area contributed by atoms with Gasteiger partial charge in [-0.3, -0.25) is 4.79 Å². The molecule has 0 spiro atoms. The van der Waals surface area contributed by atoms with Gasteiger partial charge in [0.15, 0.2) is 6.04 Å². The largest absolute Gasteiger partial charge is 0.480 e. The summed E-state index contributed by atoms with van der Waals surface area (Å²) in [6.07, 6.45) is 2.70. The maximum atomic E-state index is 11.7. The Bertz CT molecular complexity index is 260. The minimum atomic E-state index is -1.06. The molecule has 5 nitrogen and oxygen atoms in total. The van der Waals surface area contributed by atoms with Gasteiger partial charge in [0.1, 0.15) is 0 Å². The predicted octanol–water partition coefficient (Wildman–Crippen LogP) is 0.392. The number of hydrogen-bond acceptors (Lipinski definition) is 3. The van der Waals surface area contributed by atoms with Gasteiger partial charge in [-0.2, -0.15) is 0 Å². The molecule has 1 aliphatic rings. The lowest BCUT2D eigenvalue weighted by atomic mass is 9.70. The standard InChI is InChI=1S/C10H17NO4/c1-10(4-3-5-10)9(14)11-7(6-15-2)8(12)13/h7H,3-6H2,1-2H3,(H,11,14)(H,12,13). The van der Waals surface area contributed by atoms with Crippen LogP contribution >= 0.6 is 0 Å². The van der Waals surface area contributed by atoms with Gasteiger partial charge >= 0.3 is 5.97 Å². The van der Waals surface area contributed by atoms with E-state index < -0.39 is 12.0 Å². The Kier molecular flexibility index (Phi) is 3.68. The highest BCUT2D eigenvalue weighted by Gasteiger charge is 2.40. The van der Waals surface area contributed by atoms with Gasteiger partial charge in [0.05, 0.1) is 6.61 Å². The number of carbonyl (C=O) groups is 2. The number of hydrogen-bond donors (Lipinski definition) is 2. The zero-order valence-electron chi connectivity index (χ0n) is 9.08. The quantitative estimate of drug-likeness (QED) is 0.695. The number of carbonyl (C=O) groups excluding carboxylic acids is 1. The van der Waals surface area contributed by atoms with Crippen LogP contribution in [0.4, 0.5) is 0 Å². The molecule has 0 aliphatic heterocycles. The summed E-state index contributed by atoms with van der Waals surface area (Å²) in [7, 11) is 1.41. The number of carboxylic acid groups (broad SMARTS) is 1. The lowest BCUT2D eigenvalue weighted by Gasteiger charge is -2.37. The molecule has 1 saturated carbocycles. The summed E-state index contributed by atoms with van der Waals surface area (Å²) >= 11 is 0. The molecule has 0 radical (unpaired) electrons. The number of nitrogens with one attached hydrogen (secondary N) is 1. The van der Waals surface area contributed by atoms with E-state index >= 15 is 0 Å². The molecule has 86 valence electrons. The highest BCUT2D eigenvalue weighted by atomic mass is 16.5. The van der Waals surface area contributed by atoms with E-state index in [2.05, 4.69) is 5.32 Å². The molecule has 0 aromatic heterocycles. The van der Waals surface area contributed by atoms with Crippen LogP contribution in [0.2, 0.25) is 0 Å². The minimum absolute atomic E-state index is 0.00282. The van der Waals surface area contributed by atoms with Crippen molar-refractivity contribution in [3.05, 3.63) is 0 Å². The third-order valence-electron chi connectivity index (χ3n) is 2.94. The second-order valence-electron chi connectivity index (χ2n) is 4.23. The van der Waals surface area contributed by atoms with Crippen LogP contribution < -0.4 is 5.32 Å². The van der Waals surface area contributed by atoms with Crippen molar-refractivity contribution in [2.24, 2.45) is 5.41 Å². The zero-order chi connectivity index (χ0) is 11.5. The molecule has 0 aromatic carbocycles. The molecular weight excluding hydrogens is 198 g/mol. The van der Waals surface area contributed by atoms with Crippen LogP contribution in [0.5, 0.6) is 0 Å². The molecule has 5 heteroatoms. The zero-order valence-corrected chi connectivity index (χ0v) is 9.08. The first kappa shape index (κ1) is 12.0. The van der Waals surface area contributed by atoms with E-state index in [4.69, 9.17) is 9.84 Å². The third kappa shape index (κ3) is 2.68. The second kappa shape index (κ2) is 4.61. The molecule has 15 heavy (non-hydrogen) atoms. The Morgan fingerprint density at radius 1 is 1.53 bits per heavy atom. The Hall–Kier alpha value is -1.10. The van der Waals surface area contributed by atoms with E-state index in [1.807, 2.05) is 6.92 Å². The fourth-order valence-electron chi connectivity index (χ4n) is 1.61. The van der Waals surface area contributed by atoms with Crippen molar-refractivity contribution < 1.29 is 19.4 Å². The second-order valence-corrected chi connectivity index (χ2v) is 4.23. The first-order valence-corrected chi connectivity index (χ1v) is 5.02. The number of carboxylic acids is 1. The lowest BCUT2D eigenvalue weighted by Crippen LogP contribution is -2.51. The number of aliphatic carboxylic acids is 1. The summed E-state index contributed by atoms with van der Waals surface area (Å²) < 4.78 is 4.73. The number of amides is 1. The van der Waals surface area contributed by atoms with Gasteiger partial charge in [0.25, 0.3) is 0 Å². The van der Waals surface area contributed by atoms with Crippen molar-refractivity contribution in [3.63, 3.8) is 0 Å². The van der Waals surface area contributed by atoms with E-state index in [0.29, 0.717) is 0 Å². The summed E-state index contributed by atoms with van der Waals surface area (Å²) in [6, 6.07) is -0.945. The molecule has 0 saturated heterocycles. The van der Waals surface area contributed by atoms with E-state index in [1.165, 1.54) is 7.11 Å². The van der Waals surface area contributed by atoms with Gasteiger partial charge in [-0.15, -0.1) is 0 Å². The van der Waals surface area contributed by atoms with Crippen LogP contribution in [0.1, 0.15) is 26.2 Å². The fourth-order valence-corrected chi connectivity index (χ4v) is 1.61. The van der Waals surface area contributed by atoms with Crippen LogP contribution in [0.15, 0.2) is 0 Å². The van der Waals surface area contributed by atoms with Crippen molar-refractivity contribution in [2.75, 3.05) is 13.7 Å². The SMILES string of the molecule is COCC(NC(=O)C1(C)CCC1)C(=O)O. The normalized spacial score (nSPS) is 20.1. The maximum absolute atomic E-state index is 11.7. The molecule has 1 unspecified atom stereocenters. The lowest BCUT2D eigenvalue weighted by molar-refractivity contribution is -0.146. The van der Waals surface area contributed by atoms with Crippen LogP contribution in [0, 0.1) is 5.41 Å². The summed E-state index contributed by atoms with van der Waals surface area (Å²) in [4.78, 5) is 22.5. The molecule has 1 fully saturated rings. The predicted molar refractivity (Wildman–Crippen MR) is 53.4 cm³/mol. The topological polar surface area (TPSA) is 75.6 Å². The van der Waals surface area contributed by atoms with Crippen LogP contribution in [0.3, 0.4) is 0 Å². The molecule has 0 aromatic rings. The Balaban J connectivity index is 2.50. The van der Waals surface area contributed by atoms with Crippen molar-refractivity contribution in [1.82, 2.24) is 5.32 Å². The van der Waals surface area contributed by atoms with Gasteiger partial charge in [0, 0.05) is 12.5 Å². The summed E-state index contributed by atoms with van der Waals surface area (Å²) in [5.41, 5.74) is -0.374. The van der Waals surface area contributed by atoms with Gasteiger partial charge in [-0.25, -0.2) is 4.79 Å². The Morgan fingerprint density at radius 3 is 2.47 bits per heavy atom. The van der Waals surface area contributed by atoms with E-state index in [1.54, 1.807) is 0 Å². The Labute approximate surface area is 88.8 Å². The van der Waals surface area contributed by atoms with Crippen LogP contribution in [-0.2, 0) is 14.3 Å². The third-order valence-corrected chi connectivity index (χ3v) is 2.94. The minimum Gasteiger partial charge on any atom is -0.480 e. The molecular formula is C10H17NO4. The first-order chi connectivity index (χ1) is 6.99. The average molecular weight is 215 g/mol. The summed E-state index contributed by atoms with van der Waals surface area (Å²) in [5.74, 6) is -1.24. The van der Waals surface area contributed by atoms with E-state index in [0.717, 1.165) is 19.3 Å². The molecule has 0 heterocycles. The average Bonchev–Trinajstić information content (AvgIpc) is 2.13. The van der Waals surface area contributed by atoms with Gasteiger partial charge in [0.2, 0.25) is 5.91 Å². The first-order valence-electron chi connectivity index (χ1n) is 5.02. The van der Waals surface area contributed by atoms with Crippen molar-refractivity contribution >= 4 is 11.9 Å². The number of ether oxygens (including phenoxy) is 1. The smallest absolute Gasteiger partial charge is 0.328 e.